The molecule has 4 heterocycles. The largest absolute Gasteiger partial charge is 0.381 e. The van der Waals surface area contributed by atoms with Crippen LogP contribution in [0.2, 0.25) is 0 Å². The number of carbonyl (C=O) groups excluding carboxylic acids is 1. The van der Waals surface area contributed by atoms with Crippen LogP contribution in [0, 0.1) is 6.92 Å². The summed E-state index contributed by atoms with van der Waals surface area (Å²) in [6, 6.07) is 7.95. The lowest BCUT2D eigenvalue weighted by Gasteiger charge is -2.30. The fraction of sp³-hybridized carbons (Fsp3) is 0.542. The van der Waals surface area contributed by atoms with Gasteiger partial charge in [-0.2, -0.15) is 9.97 Å². The molecule has 9 heteroatoms. The summed E-state index contributed by atoms with van der Waals surface area (Å²) in [5.74, 6) is 3.20. The molecular formula is C24H29N5O4. The number of amides is 1. The minimum absolute atomic E-state index is 0.108. The summed E-state index contributed by atoms with van der Waals surface area (Å²) >= 11 is 0. The Kier molecular flexibility index (Phi) is 6.48. The fourth-order valence-corrected chi connectivity index (χ4v) is 4.54. The lowest BCUT2D eigenvalue weighted by molar-refractivity contribution is -0.132. The summed E-state index contributed by atoms with van der Waals surface area (Å²) in [7, 11) is 0. The Morgan fingerprint density at radius 2 is 1.85 bits per heavy atom. The molecule has 0 spiro atoms. The van der Waals surface area contributed by atoms with Gasteiger partial charge in [0.25, 0.3) is 0 Å². The molecule has 0 atom stereocenters. The van der Waals surface area contributed by atoms with Gasteiger partial charge in [0.05, 0.1) is 0 Å². The number of aryl methyl sites for hydroxylation is 2. The molecule has 5 rings (SSSR count). The van der Waals surface area contributed by atoms with Gasteiger partial charge in [-0.3, -0.25) is 4.79 Å². The van der Waals surface area contributed by atoms with Gasteiger partial charge in [-0.15, -0.1) is 0 Å². The second-order valence-electron chi connectivity index (χ2n) is 8.91. The molecule has 1 aromatic carbocycles. The number of hydrogen-bond donors (Lipinski definition) is 0. The predicted octanol–water partition coefficient (Wildman–Crippen LogP) is 3.66. The topological polar surface area (TPSA) is 107 Å². The maximum Gasteiger partial charge on any atom is 0.229 e. The first-order chi connectivity index (χ1) is 16.2. The van der Waals surface area contributed by atoms with Crippen molar-refractivity contribution in [2.75, 3.05) is 26.3 Å². The Hall–Kier alpha value is -3.07. The summed E-state index contributed by atoms with van der Waals surface area (Å²) in [5.41, 5.74) is 2.05. The molecule has 33 heavy (non-hydrogen) atoms. The molecule has 9 nitrogen and oxygen atoms in total. The minimum Gasteiger partial charge on any atom is -0.381 e. The van der Waals surface area contributed by atoms with Crippen LogP contribution in [0.5, 0.6) is 0 Å². The van der Waals surface area contributed by atoms with E-state index in [1.165, 1.54) is 0 Å². The lowest BCUT2D eigenvalue weighted by atomic mass is 9.96. The van der Waals surface area contributed by atoms with Crippen LogP contribution in [0.1, 0.15) is 67.1 Å². The SMILES string of the molecule is Cc1cccc(-c2noc(CCC(=O)N3CCC(c4nc(C5CCOCC5)no4)CC3)n2)c1. The molecule has 2 aromatic heterocycles. The molecule has 2 aliphatic heterocycles. The van der Waals surface area contributed by atoms with E-state index in [0.29, 0.717) is 49.5 Å². The summed E-state index contributed by atoms with van der Waals surface area (Å²) in [6.07, 6.45) is 4.35. The number of hydrogen-bond acceptors (Lipinski definition) is 8. The zero-order chi connectivity index (χ0) is 22.6. The number of aromatic nitrogens is 4. The van der Waals surface area contributed by atoms with Crippen molar-refractivity contribution < 1.29 is 18.6 Å². The molecule has 0 N–H and O–H groups in total. The van der Waals surface area contributed by atoms with Gasteiger partial charge < -0.3 is 18.7 Å². The highest BCUT2D eigenvalue weighted by Crippen LogP contribution is 2.30. The summed E-state index contributed by atoms with van der Waals surface area (Å²) < 4.78 is 16.3. The molecule has 1 amide bonds. The smallest absolute Gasteiger partial charge is 0.229 e. The monoisotopic (exact) mass is 451 g/mol. The molecule has 2 aliphatic rings. The van der Waals surface area contributed by atoms with Gasteiger partial charge in [-0.1, -0.05) is 34.1 Å². The van der Waals surface area contributed by atoms with Crippen molar-refractivity contribution >= 4 is 5.91 Å². The Balaban J connectivity index is 1.10. The second-order valence-corrected chi connectivity index (χ2v) is 8.91. The molecule has 0 bridgehead atoms. The maximum absolute atomic E-state index is 12.7. The molecular weight excluding hydrogens is 422 g/mol. The zero-order valence-corrected chi connectivity index (χ0v) is 18.9. The number of piperidine rings is 1. The van der Waals surface area contributed by atoms with E-state index in [1.54, 1.807) is 0 Å². The van der Waals surface area contributed by atoms with Crippen LogP contribution in [-0.4, -0.2) is 57.4 Å². The third-order valence-corrected chi connectivity index (χ3v) is 6.54. The lowest BCUT2D eigenvalue weighted by Crippen LogP contribution is -2.38. The van der Waals surface area contributed by atoms with Crippen LogP contribution in [0.3, 0.4) is 0 Å². The van der Waals surface area contributed by atoms with Gasteiger partial charge in [0.2, 0.25) is 23.5 Å². The quantitative estimate of drug-likeness (QED) is 0.559. The number of nitrogens with zero attached hydrogens (tertiary/aromatic N) is 5. The number of likely N-dealkylation sites (tertiary alicyclic amines) is 1. The maximum atomic E-state index is 12.7. The van der Waals surface area contributed by atoms with E-state index < -0.39 is 0 Å². The Morgan fingerprint density at radius 3 is 2.64 bits per heavy atom. The first-order valence-electron chi connectivity index (χ1n) is 11.7. The van der Waals surface area contributed by atoms with Crippen LogP contribution < -0.4 is 0 Å². The summed E-state index contributed by atoms with van der Waals surface area (Å²) in [6.45, 7) is 4.92. The van der Waals surface area contributed by atoms with E-state index in [-0.39, 0.29) is 11.8 Å². The van der Waals surface area contributed by atoms with Gasteiger partial charge in [-0.25, -0.2) is 0 Å². The molecule has 2 saturated heterocycles. The average Bonchev–Trinajstić information content (AvgIpc) is 3.54. The highest BCUT2D eigenvalue weighted by molar-refractivity contribution is 5.76. The van der Waals surface area contributed by atoms with E-state index in [0.717, 1.165) is 55.8 Å². The minimum atomic E-state index is 0.108. The van der Waals surface area contributed by atoms with Crippen molar-refractivity contribution in [1.82, 2.24) is 25.2 Å². The molecule has 174 valence electrons. The van der Waals surface area contributed by atoms with E-state index in [4.69, 9.17) is 13.8 Å². The number of ether oxygens (including phenoxy) is 1. The first kappa shape index (κ1) is 21.8. The van der Waals surface area contributed by atoms with Gasteiger partial charge in [0, 0.05) is 56.5 Å². The third kappa shape index (κ3) is 5.13. The second kappa shape index (κ2) is 9.82. The third-order valence-electron chi connectivity index (χ3n) is 6.54. The van der Waals surface area contributed by atoms with E-state index in [2.05, 4.69) is 20.3 Å². The molecule has 0 saturated carbocycles. The van der Waals surface area contributed by atoms with Crippen molar-refractivity contribution in [3.63, 3.8) is 0 Å². The van der Waals surface area contributed by atoms with Crippen LogP contribution in [0.15, 0.2) is 33.3 Å². The summed E-state index contributed by atoms with van der Waals surface area (Å²) in [4.78, 5) is 23.7. The van der Waals surface area contributed by atoms with Gasteiger partial charge in [0.15, 0.2) is 5.82 Å². The molecule has 0 unspecified atom stereocenters. The number of benzene rings is 1. The number of carbonyl (C=O) groups is 1. The zero-order valence-electron chi connectivity index (χ0n) is 18.9. The van der Waals surface area contributed by atoms with Gasteiger partial charge in [0.1, 0.15) is 0 Å². The normalized spacial score (nSPS) is 18.0. The van der Waals surface area contributed by atoms with Crippen molar-refractivity contribution in [2.45, 2.75) is 57.3 Å². The predicted molar refractivity (Wildman–Crippen MR) is 118 cm³/mol. The van der Waals surface area contributed by atoms with E-state index >= 15 is 0 Å². The number of rotatable bonds is 6. The molecule has 2 fully saturated rings. The van der Waals surface area contributed by atoms with Crippen molar-refractivity contribution in [3.05, 3.63) is 47.4 Å². The highest BCUT2D eigenvalue weighted by Gasteiger charge is 2.29. The van der Waals surface area contributed by atoms with Crippen LogP contribution in [0.25, 0.3) is 11.4 Å². The van der Waals surface area contributed by atoms with Crippen molar-refractivity contribution in [1.29, 1.82) is 0 Å². The highest BCUT2D eigenvalue weighted by atomic mass is 16.5. The van der Waals surface area contributed by atoms with Gasteiger partial charge >= 0.3 is 0 Å². The Bertz CT molecular complexity index is 1080. The Morgan fingerprint density at radius 1 is 1.03 bits per heavy atom. The average molecular weight is 452 g/mol. The van der Waals surface area contributed by atoms with Crippen LogP contribution in [0.4, 0.5) is 0 Å². The van der Waals surface area contributed by atoms with Crippen molar-refractivity contribution in [3.8, 4) is 11.4 Å². The molecule has 0 radical (unpaired) electrons. The van der Waals surface area contributed by atoms with E-state index in [9.17, 15) is 4.79 Å². The standard InChI is InChI=1S/C24H29N5O4/c1-16-3-2-4-19(15-16)23-25-20(32-27-23)5-6-21(30)29-11-7-18(8-12-29)24-26-22(28-33-24)17-9-13-31-14-10-17/h2-4,15,17-18H,5-14H2,1H3. The van der Waals surface area contributed by atoms with Gasteiger partial charge in [-0.05, 0) is 38.7 Å². The molecule has 0 aliphatic carbocycles. The van der Waals surface area contributed by atoms with E-state index in [1.807, 2.05) is 36.1 Å². The summed E-state index contributed by atoms with van der Waals surface area (Å²) in [5, 5.41) is 8.27. The fourth-order valence-electron chi connectivity index (χ4n) is 4.54. The Labute approximate surface area is 192 Å². The van der Waals surface area contributed by atoms with Crippen LogP contribution in [-0.2, 0) is 16.0 Å². The molecule has 3 aromatic rings. The van der Waals surface area contributed by atoms with Crippen molar-refractivity contribution in [2.24, 2.45) is 0 Å². The first-order valence-corrected chi connectivity index (χ1v) is 11.7. The van der Waals surface area contributed by atoms with Crippen LogP contribution >= 0.6 is 0 Å².